The first-order valence-electron chi connectivity index (χ1n) is 8.79. The van der Waals surface area contributed by atoms with Crippen molar-refractivity contribution < 1.29 is 14.3 Å². The van der Waals surface area contributed by atoms with Gasteiger partial charge in [0.05, 0.1) is 19.8 Å². The lowest BCUT2D eigenvalue weighted by atomic mass is 10.0. The number of hydrogen-bond acceptors (Lipinski definition) is 5. The molecule has 27 heavy (non-hydrogen) atoms. The molecule has 3 aromatic rings. The number of para-hydroxylation sites is 2. The van der Waals surface area contributed by atoms with Crippen LogP contribution in [-0.4, -0.2) is 31.7 Å². The van der Waals surface area contributed by atoms with E-state index in [0.717, 1.165) is 29.1 Å². The van der Waals surface area contributed by atoms with Gasteiger partial charge in [0, 0.05) is 17.6 Å². The Morgan fingerprint density at radius 1 is 1.11 bits per heavy atom. The van der Waals surface area contributed by atoms with Gasteiger partial charge in [-0.25, -0.2) is 4.98 Å². The van der Waals surface area contributed by atoms with Gasteiger partial charge in [-0.2, -0.15) is 0 Å². The Morgan fingerprint density at radius 2 is 1.96 bits per heavy atom. The number of anilines is 1. The summed E-state index contributed by atoms with van der Waals surface area (Å²) in [7, 11) is 3.21. The van der Waals surface area contributed by atoms with Gasteiger partial charge in [-0.05, 0) is 36.6 Å². The summed E-state index contributed by atoms with van der Waals surface area (Å²) in [5, 5.41) is 2.55. The van der Waals surface area contributed by atoms with Gasteiger partial charge < -0.3 is 14.4 Å². The van der Waals surface area contributed by atoms with E-state index in [0.29, 0.717) is 23.7 Å². The van der Waals surface area contributed by atoms with E-state index >= 15 is 0 Å². The minimum absolute atomic E-state index is 0.0634. The summed E-state index contributed by atoms with van der Waals surface area (Å²) >= 11 is 1.43. The largest absolute Gasteiger partial charge is 0.493 e. The molecular weight excluding hydrogens is 360 g/mol. The number of aryl methyl sites for hydroxylation is 1. The van der Waals surface area contributed by atoms with Crippen molar-refractivity contribution in [2.75, 3.05) is 25.7 Å². The van der Waals surface area contributed by atoms with E-state index in [1.807, 2.05) is 46.7 Å². The molecule has 0 N–H and O–H groups in total. The van der Waals surface area contributed by atoms with E-state index in [4.69, 9.17) is 9.47 Å². The number of hydrogen-bond donors (Lipinski definition) is 0. The minimum Gasteiger partial charge on any atom is -0.493 e. The predicted molar refractivity (Wildman–Crippen MR) is 107 cm³/mol. The SMILES string of the molecule is COc1cccc(-c2nc(C(=O)N3CCCc4ccccc43)cs2)c1OC. The summed E-state index contributed by atoms with van der Waals surface area (Å²) in [5.41, 5.74) is 3.47. The summed E-state index contributed by atoms with van der Waals surface area (Å²) in [6.45, 7) is 0.713. The number of carbonyl (C=O) groups is 1. The van der Waals surface area contributed by atoms with Crippen molar-refractivity contribution in [2.45, 2.75) is 12.8 Å². The van der Waals surface area contributed by atoms with Gasteiger partial charge in [-0.15, -0.1) is 11.3 Å². The van der Waals surface area contributed by atoms with E-state index in [9.17, 15) is 4.79 Å². The normalized spacial score (nSPS) is 13.2. The molecule has 0 atom stereocenters. The number of rotatable bonds is 4. The van der Waals surface area contributed by atoms with E-state index in [1.165, 1.54) is 16.9 Å². The molecule has 0 aliphatic carbocycles. The molecule has 138 valence electrons. The van der Waals surface area contributed by atoms with Crippen LogP contribution in [0.5, 0.6) is 11.5 Å². The van der Waals surface area contributed by atoms with Gasteiger partial charge >= 0.3 is 0 Å². The second kappa shape index (κ2) is 7.40. The summed E-state index contributed by atoms with van der Waals surface area (Å²) < 4.78 is 10.9. The van der Waals surface area contributed by atoms with Gasteiger partial charge in [-0.1, -0.05) is 24.3 Å². The van der Waals surface area contributed by atoms with E-state index in [1.54, 1.807) is 14.2 Å². The molecule has 2 heterocycles. The zero-order chi connectivity index (χ0) is 18.8. The van der Waals surface area contributed by atoms with Gasteiger partial charge in [0.25, 0.3) is 5.91 Å². The zero-order valence-electron chi connectivity index (χ0n) is 15.3. The van der Waals surface area contributed by atoms with Crippen LogP contribution in [0.2, 0.25) is 0 Å². The quantitative estimate of drug-likeness (QED) is 0.672. The first-order valence-corrected chi connectivity index (χ1v) is 9.67. The number of thiazole rings is 1. The molecule has 0 spiro atoms. The van der Waals surface area contributed by atoms with Crippen LogP contribution >= 0.6 is 11.3 Å². The third-order valence-corrected chi connectivity index (χ3v) is 5.59. The Hall–Kier alpha value is -2.86. The average Bonchev–Trinajstić information content (AvgIpc) is 3.22. The monoisotopic (exact) mass is 380 g/mol. The second-order valence-corrected chi connectivity index (χ2v) is 7.13. The Bertz CT molecular complexity index is 983. The number of ether oxygens (including phenoxy) is 2. The highest BCUT2D eigenvalue weighted by molar-refractivity contribution is 7.13. The second-order valence-electron chi connectivity index (χ2n) is 6.27. The maximum atomic E-state index is 13.1. The number of methoxy groups -OCH3 is 2. The van der Waals surface area contributed by atoms with Gasteiger partial charge in [0.15, 0.2) is 11.5 Å². The van der Waals surface area contributed by atoms with Crippen molar-refractivity contribution >= 4 is 22.9 Å². The molecule has 1 aliphatic rings. The Labute approximate surface area is 162 Å². The first-order chi connectivity index (χ1) is 13.2. The molecule has 4 rings (SSSR count). The summed E-state index contributed by atoms with van der Waals surface area (Å²) in [4.78, 5) is 19.5. The summed E-state index contributed by atoms with van der Waals surface area (Å²) in [6.07, 6.45) is 1.97. The molecule has 1 amide bonds. The maximum Gasteiger partial charge on any atom is 0.277 e. The highest BCUT2D eigenvalue weighted by atomic mass is 32.1. The highest BCUT2D eigenvalue weighted by Crippen LogP contribution is 2.39. The van der Waals surface area contributed by atoms with Crippen LogP contribution < -0.4 is 14.4 Å². The standard InChI is InChI=1S/C21H20N2O3S/c1-25-18-11-5-9-15(19(18)26-2)20-22-16(13-27-20)21(24)23-12-6-8-14-7-3-4-10-17(14)23/h3-5,7,9-11,13H,6,8,12H2,1-2H3. The van der Waals surface area contributed by atoms with Crippen molar-refractivity contribution in [1.82, 2.24) is 4.98 Å². The molecule has 2 aromatic carbocycles. The van der Waals surface area contributed by atoms with Crippen LogP contribution in [0.4, 0.5) is 5.69 Å². The van der Waals surface area contributed by atoms with Crippen LogP contribution in [0.15, 0.2) is 47.8 Å². The van der Waals surface area contributed by atoms with Crippen LogP contribution in [0.25, 0.3) is 10.6 Å². The molecule has 6 heteroatoms. The molecule has 5 nitrogen and oxygen atoms in total. The fraction of sp³-hybridized carbons (Fsp3) is 0.238. The smallest absolute Gasteiger partial charge is 0.277 e. The van der Waals surface area contributed by atoms with E-state index < -0.39 is 0 Å². The fourth-order valence-electron chi connectivity index (χ4n) is 3.43. The van der Waals surface area contributed by atoms with Crippen LogP contribution in [-0.2, 0) is 6.42 Å². The van der Waals surface area contributed by atoms with Crippen molar-refractivity contribution in [3.63, 3.8) is 0 Å². The molecule has 0 fully saturated rings. The van der Waals surface area contributed by atoms with Crippen LogP contribution in [0.3, 0.4) is 0 Å². The minimum atomic E-state index is -0.0634. The van der Waals surface area contributed by atoms with Crippen molar-refractivity contribution in [2.24, 2.45) is 0 Å². The number of aromatic nitrogens is 1. The zero-order valence-corrected chi connectivity index (χ0v) is 16.1. The maximum absolute atomic E-state index is 13.1. The van der Waals surface area contributed by atoms with Crippen LogP contribution in [0.1, 0.15) is 22.5 Å². The molecule has 0 unspecified atom stereocenters. The lowest BCUT2D eigenvalue weighted by Gasteiger charge is -2.28. The molecule has 0 bridgehead atoms. The first kappa shape index (κ1) is 17.5. The third-order valence-electron chi connectivity index (χ3n) is 4.71. The summed E-state index contributed by atoms with van der Waals surface area (Å²) in [5.74, 6) is 1.20. The fourth-order valence-corrected chi connectivity index (χ4v) is 4.25. The molecule has 0 saturated heterocycles. The number of amides is 1. The van der Waals surface area contributed by atoms with E-state index in [2.05, 4.69) is 11.1 Å². The highest BCUT2D eigenvalue weighted by Gasteiger charge is 2.25. The topological polar surface area (TPSA) is 51.7 Å². The van der Waals surface area contributed by atoms with Gasteiger partial charge in [0.1, 0.15) is 10.7 Å². The number of carbonyl (C=O) groups excluding carboxylic acids is 1. The molecule has 1 aromatic heterocycles. The summed E-state index contributed by atoms with van der Waals surface area (Å²) in [6, 6.07) is 13.7. The molecule has 0 radical (unpaired) electrons. The number of fused-ring (bicyclic) bond motifs is 1. The number of nitrogens with zero attached hydrogens (tertiary/aromatic N) is 2. The Kier molecular flexibility index (Phi) is 4.81. The van der Waals surface area contributed by atoms with Gasteiger partial charge in [0.2, 0.25) is 0 Å². The molecular formula is C21H20N2O3S. The lowest BCUT2D eigenvalue weighted by molar-refractivity contribution is 0.0981. The van der Waals surface area contributed by atoms with Gasteiger partial charge in [-0.3, -0.25) is 4.79 Å². The molecule has 0 saturated carbocycles. The average molecular weight is 380 g/mol. The van der Waals surface area contributed by atoms with Crippen molar-refractivity contribution in [1.29, 1.82) is 0 Å². The van der Waals surface area contributed by atoms with Crippen molar-refractivity contribution in [3.05, 3.63) is 59.1 Å². The van der Waals surface area contributed by atoms with Crippen LogP contribution in [0, 0.1) is 0 Å². The van der Waals surface area contributed by atoms with Crippen molar-refractivity contribution in [3.8, 4) is 22.1 Å². The predicted octanol–water partition coefficient (Wildman–Crippen LogP) is 4.42. The molecule has 1 aliphatic heterocycles. The lowest BCUT2D eigenvalue weighted by Crippen LogP contribution is -2.35. The van der Waals surface area contributed by atoms with E-state index in [-0.39, 0.29) is 5.91 Å². The third kappa shape index (κ3) is 3.17. The Balaban J connectivity index is 1.67. The number of benzene rings is 2. The Morgan fingerprint density at radius 3 is 2.78 bits per heavy atom.